The van der Waals surface area contributed by atoms with Gasteiger partial charge in [0.25, 0.3) is 0 Å². The number of aryl methyl sites for hydroxylation is 1. The first-order chi connectivity index (χ1) is 4.86. The van der Waals surface area contributed by atoms with Crippen molar-refractivity contribution in [2.45, 2.75) is 6.92 Å². The van der Waals surface area contributed by atoms with E-state index >= 15 is 0 Å². The summed E-state index contributed by atoms with van der Waals surface area (Å²) in [6.07, 6.45) is 0. The molecule has 0 heterocycles. The Bertz CT molecular complexity index is 357. The van der Waals surface area contributed by atoms with Gasteiger partial charge in [0.05, 0.1) is 0 Å². The first-order valence-corrected chi connectivity index (χ1v) is 3.48. The van der Waals surface area contributed by atoms with Crippen LogP contribution in [0.1, 0.15) is 5.56 Å². The largest absolute Gasteiger partial charge is 4.00 e. The van der Waals surface area contributed by atoms with Gasteiger partial charge in [-0.15, -0.1) is 29.7 Å². The number of hydrogen-bond acceptors (Lipinski definition) is 0. The summed E-state index contributed by atoms with van der Waals surface area (Å²) in [5.41, 5.74) is 1.33. The fourth-order valence-corrected chi connectivity index (χ4v) is 1.25. The molecule has 0 nitrogen and oxygen atoms in total. The minimum atomic E-state index is 0. The normalized spacial score (nSPS) is 7.50. The topological polar surface area (TPSA) is 0 Å². The molecule has 0 saturated carbocycles. The van der Waals surface area contributed by atoms with Crippen molar-refractivity contribution in [3.05, 3.63) is 42.0 Å². The third-order valence-corrected chi connectivity index (χ3v) is 1.79. The minimum absolute atomic E-state index is 0. The zero-order valence-electron chi connectivity index (χ0n) is 7.60. The van der Waals surface area contributed by atoms with Crippen LogP contribution >= 0.6 is 0 Å². The fourth-order valence-electron chi connectivity index (χ4n) is 1.25. The standard InChI is InChI=1S/C10H9.3ClH.Ti/c1-8-5-6-9-3-2-4-10(9)7-8;;;;/h2-7H,1H3;3*1H;/q-1;;;;+4/p-3. The molecular weight excluding hydrogens is 274 g/mol. The van der Waals surface area contributed by atoms with Crippen molar-refractivity contribution in [1.29, 1.82) is 0 Å². The van der Waals surface area contributed by atoms with Gasteiger partial charge in [-0.05, 0) is 6.92 Å². The Labute approximate surface area is 118 Å². The molecule has 0 amide bonds. The Morgan fingerprint density at radius 3 is 2.29 bits per heavy atom. The van der Waals surface area contributed by atoms with Gasteiger partial charge in [-0.2, -0.15) is 17.5 Å². The molecule has 0 aliphatic rings. The molecule has 2 rings (SSSR count). The van der Waals surface area contributed by atoms with Gasteiger partial charge >= 0.3 is 21.7 Å². The Hall–Kier alpha value is 0.414. The van der Waals surface area contributed by atoms with Crippen LogP contribution in [0.15, 0.2) is 36.4 Å². The van der Waals surface area contributed by atoms with Crippen molar-refractivity contribution >= 4 is 10.8 Å². The number of benzene rings is 1. The first-order valence-electron chi connectivity index (χ1n) is 3.48. The molecule has 4 heteroatoms. The predicted octanol–water partition coefficient (Wildman–Crippen LogP) is -6.12. The summed E-state index contributed by atoms with van der Waals surface area (Å²) in [5.74, 6) is 0. The van der Waals surface area contributed by atoms with Gasteiger partial charge in [0.15, 0.2) is 0 Å². The molecule has 0 radical (unpaired) electrons. The molecule has 2 aromatic carbocycles. The average Bonchev–Trinajstić information content (AvgIpc) is 2.33. The second-order valence-electron chi connectivity index (χ2n) is 2.66. The molecule has 0 aliphatic heterocycles. The van der Waals surface area contributed by atoms with E-state index in [-0.39, 0.29) is 58.9 Å². The van der Waals surface area contributed by atoms with E-state index in [2.05, 4.69) is 43.3 Å². The van der Waals surface area contributed by atoms with Crippen molar-refractivity contribution in [2.24, 2.45) is 0 Å². The zero-order chi connectivity index (χ0) is 6.97. The Morgan fingerprint density at radius 1 is 1.00 bits per heavy atom. The van der Waals surface area contributed by atoms with Crippen molar-refractivity contribution in [3.63, 3.8) is 0 Å². The quantitative estimate of drug-likeness (QED) is 0.333. The fraction of sp³-hybridized carbons (Fsp3) is 0.100. The maximum atomic E-state index is 2.20. The minimum Gasteiger partial charge on any atom is -1.00 e. The second kappa shape index (κ2) is 8.70. The molecule has 0 spiro atoms. The van der Waals surface area contributed by atoms with Gasteiger partial charge in [0.2, 0.25) is 0 Å². The van der Waals surface area contributed by atoms with E-state index in [1.165, 1.54) is 16.3 Å². The van der Waals surface area contributed by atoms with Crippen molar-refractivity contribution in [2.75, 3.05) is 0 Å². The molecule has 0 atom stereocenters. The first kappa shape index (κ1) is 19.9. The van der Waals surface area contributed by atoms with E-state index in [4.69, 9.17) is 0 Å². The van der Waals surface area contributed by atoms with Crippen LogP contribution in [-0.4, -0.2) is 0 Å². The summed E-state index contributed by atoms with van der Waals surface area (Å²) < 4.78 is 0. The van der Waals surface area contributed by atoms with Crippen LogP contribution in [0.4, 0.5) is 0 Å². The van der Waals surface area contributed by atoms with Crippen LogP contribution in [0.2, 0.25) is 0 Å². The number of fused-ring (bicyclic) bond motifs is 1. The van der Waals surface area contributed by atoms with E-state index in [1.54, 1.807) is 0 Å². The number of rotatable bonds is 0. The van der Waals surface area contributed by atoms with Crippen molar-refractivity contribution in [3.8, 4) is 0 Å². The molecule has 0 N–H and O–H groups in total. The molecule has 0 saturated heterocycles. The predicted molar refractivity (Wildman–Crippen MR) is 44.3 cm³/mol. The molecule has 0 fully saturated rings. The third kappa shape index (κ3) is 4.29. The summed E-state index contributed by atoms with van der Waals surface area (Å²) in [4.78, 5) is 0. The van der Waals surface area contributed by atoms with E-state index < -0.39 is 0 Å². The maximum absolute atomic E-state index is 2.20. The Balaban J connectivity index is -0.000000302. The third-order valence-electron chi connectivity index (χ3n) is 1.79. The second-order valence-corrected chi connectivity index (χ2v) is 2.66. The number of halogens is 3. The van der Waals surface area contributed by atoms with Gasteiger partial charge < -0.3 is 37.2 Å². The Morgan fingerprint density at radius 2 is 1.64 bits per heavy atom. The Kier molecular flexibility index (Phi) is 12.4. The SMILES string of the molecule is Cc1ccc2[cH-]ccc2c1.[Cl-].[Cl-].[Cl-].[Ti+4]. The molecule has 74 valence electrons. The van der Waals surface area contributed by atoms with Gasteiger partial charge in [0, 0.05) is 0 Å². The monoisotopic (exact) mass is 282 g/mol. The molecular formula is C10H9Cl3Ti. The summed E-state index contributed by atoms with van der Waals surface area (Å²) >= 11 is 0. The molecule has 14 heavy (non-hydrogen) atoms. The molecule has 0 aromatic heterocycles. The van der Waals surface area contributed by atoms with Gasteiger partial charge in [-0.25, -0.2) is 0 Å². The molecule has 0 bridgehead atoms. The number of hydrogen-bond donors (Lipinski definition) is 0. The summed E-state index contributed by atoms with van der Waals surface area (Å²) in [5, 5.41) is 2.69. The van der Waals surface area contributed by atoms with E-state index in [1.807, 2.05) is 0 Å². The van der Waals surface area contributed by atoms with Crippen LogP contribution in [0.5, 0.6) is 0 Å². The van der Waals surface area contributed by atoms with Gasteiger partial charge in [-0.1, -0.05) is 5.56 Å². The van der Waals surface area contributed by atoms with Crippen LogP contribution in [-0.2, 0) is 21.7 Å². The van der Waals surface area contributed by atoms with E-state index in [9.17, 15) is 0 Å². The van der Waals surface area contributed by atoms with Crippen LogP contribution in [0.3, 0.4) is 0 Å². The molecule has 2 aromatic rings. The summed E-state index contributed by atoms with van der Waals surface area (Å²) in [6.45, 7) is 2.12. The van der Waals surface area contributed by atoms with E-state index in [0.29, 0.717) is 0 Å². The zero-order valence-corrected chi connectivity index (χ0v) is 11.4. The molecule has 0 unspecified atom stereocenters. The van der Waals surface area contributed by atoms with Crippen LogP contribution in [0, 0.1) is 6.92 Å². The smallest absolute Gasteiger partial charge is 1.00 e. The summed E-state index contributed by atoms with van der Waals surface area (Å²) in [7, 11) is 0. The molecule has 0 aliphatic carbocycles. The van der Waals surface area contributed by atoms with Crippen LogP contribution < -0.4 is 37.2 Å². The maximum Gasteiger partial charge on any atom is 4.00 e. The average molecular weight is 283 g/mol. The van der Waals surface area contributed by atoms with Crippen molar-refractivity contribution in [1.82, 2.24) is 0 Å². The van der Waals surface area contributed by atoms with Gasteiger partial charge in [0.1, 0.15) is 0 Å². The summed E-state index contributed by atoms with van der Waals surface area (Å²) in [6, 6.07) is 12.9. The van der Waals surface area contributed by atoms with Gasteiger partial charge in [-0.3, -0.25) is 0 Å². The van der Waals surface area contributed by atoms with E-state index in [0.717, 1.165) is 0 Å². The van der Waals surface area contributed by atoms with Crippen molar-refractivity contribution < 1.29 is 58.9 Å². The van der Waals surface area contributed by atoms with Crippen LogP contribution in [0.25, 0.3) is 10.8 Å².